The molecule has 1 fully saturated rings. The Morgan fingerprint density at radius 2 is 1.40 bits per heavy atom. The zero-order valence-electron chi connectivity index (χ0n) is 23.3. The summed E-state index contributed by atoms with van der Waals surface area (Å²) in [4.78, 5) is 2.09. The maximum atomic E-state index is 14.8. The lowest BCUT2D eigenvalue weighted by atomic mass is 9.85. The number of para-hydroxylation sites is 1. The molecule has 1 aliphatic carbocycles. The predicted molar refractivity (Wildman–Crippen MR) is 149 cm³/mol. The smallest absolute Gasteiger partial charge is 0.405 e. The number of ether oxygens (including phenoxy) is 1. The topological polar surface area (TPSA) is 27.7 Å². The van der Waals surface area contributed by atoms with Gasteiger partial charge in [0.15, 0.2) is 0 Å². The van der Waals surface area contributed by atoms with Crippen molar-refractivity contribution in [3.05, 3.63) is 101 Å². The normalized spacial score (nSPS) is 22.9. The van der Waals surface area contributed by atoms with Crippen molar-refractivity contribution in [2.45, 2.75) is 62.3 Å². The Labute approximate surface area is 242 Å². The Hall–Kier alpha value is -3.08. The fourth-order valence-electron chi connectivity index (χ4n) is 6.49. The highest BCUT2D eigenvalue weighted by Crippen LogP contribution is 2.43. The SMILES string of the molecule is COc1ccccc1C(CNCc1ccccc1)N1CC(C(F)(F)F)N(C2CCc3ccccc3C2)C(C(F)(F)F)C1. The fraction of sp³-hybridized carbons (Fsp3) is 0.438. The molecule has 0 amide bonds. The van der Waals surface area contributed by atoms with Crippen LogP contribution in [0, 0.1) is 0 Å². The van der Waals surface area contributed by atoms with E-state index in [1.54, 1.807) is 36.4 Å². The van der Waals surface area contributed by atoms with E-state index in [0.717, 1.165) is 21.6 Å². The van der Waals surface area contributed by atoms with Crippen molar-refractivity contribution in [2.24, 2.45) is 0 Å². The molecule has 3 aromatic rings. The molecular formula is C32H35F6N3O. The van der Waals surface area contributed by atoms with Gasteiger partial charge in [0, 0.05) is 37.8 Å². The van der Waals surface area contributed by atoms with Gasteiger partial charge in [0.05, 0.1) is 13.2 Å². The Kier molecular flexibility index (Phi) is 9.15. The average molecular weight is 592 g/mol. The van der Waals surface area contributed by atoms with Crippen LogP contribution in [-0.2, 0) is 19.4 Å². The summed E-state index contributed by atoms with van der Waals surface area (Å²) in [5.41, 5.74) is 3.30. The number of hydrogen-bond acceptors (Lipinski definition) is 4. The van der Waals surface area contributed by atoms with Gasteiger partial charge in [-0.1, -0.05) is 72.8 Å². The number of fused-ring (bicyclic) bond motifs is 1. The van der Waals surface area contributed by atoms with Crippen LogP contribution in [0.1, 0.15) is 34.7 Å². The zero-order chi connectivity index (χ0) is 29.9. The lowest BCUT2D eigenvalue weighted by Crippen LogP contribution is -2.70. The van der Waals surface area contributed by atoms with Gasteiger partial charge in [-0.15, -0.1) is 0 Å². The van der Waals surface area contributed by atoms with Crippen LogP contribution in [0.25, 0.3) is 0 Å². The summed E-state index contributed by atoms with van der Waals surface area (Å²) in [5.74, 6) is 0.419. The summed E-state index contributed by atoms with van der Waals surface area (Å²) < 4.78 is 94.2. The first-order valence-corrected chi connectivity index (χ1v) is 14.2. The summed E-state index contributed by atoms with van der Waals surface area (Å²) >= 11 is 0. The molecule has 3 aromatic carbocycles. The number of nitrogens with zero attached hydrogens (tertiary/aromatic N) is 2. The third-order valence-corrected chi connectivity index (χ3v) is 8.48. The quantitative estimate of drug-likeness (QED) is 0.300. The molecule has 0 bridgehead atoms. The van der Waals surface area contributed by atoms with Crippen molar-refractivity contribution in [2.75, 3.05) is 26.7 Å². The molecule has 4 atom stereocenters. The molecular weight excluding hydrogens is 556 g/mol. The van der Waals surface area contributed by atoms with E-state index in [2.05, 4.69) is 5.32 Å². The Morgan fingerprint density at radius 1 is 0.810 bits per heavy atom. The van der Waals surface area contributed by atoms with Crippen LogP contribution in [0.2, 0.25) is 0 Å². The standard InChI is InChI=1S/C32H35F6N3O/c1-42-28-14-8-7-13-26(28)27(19-39-18-22-9-3-2-4-10-22)40-20-29(31(33,34)35)41(30(21-40)32(36,37)38)25-16-15-23-11-5-6-12-24(23)17-25/h2-14,25,27,29-30,39H,15-21H2,1H3. The number of hydrogen-bond donors (Lipinski definition) is 1. The van der Waals surface area contributed by atoms with Crippen molar-refractivity contribution in [3.63, 3.8) is 0 Å². The number of nitrogens with one attached hydrogen (secondary N) is 1. The van der Waals surface area contributed by atoms with Crippen molar-refractivity contribution < 1.29 is 31.1 Å². The molecule has 1 saturated heterocycles. The summed E-state index contributed by atoms with van der Waals surface area (Å²) in [5, 5.41) is 3.27. The van der Waals surface area contributed by atoms with Crippen molar-refractivity contribution >= 4 is 0 Å². The second kappa shape index (κ2) is 12.7. The van der Waals surface area contributed by atoms with E-state index in [9.17, 15) is 26.3 Å². The molecule has 1 aliphatic heterocycles. The molecule has 226 valence electrons. The molecule has 4 nitrogen and oxygen atoms in total. The maximum absolute atomic E-state index is 14.8. The molecule has 4 unspecified atom stereocenters. The van der Waals surface area contributed by atoms with E-state index in [1.165, 1.54) is 12.0 Å². The summed E-state index contributed by atoms with van der Waals surface area (Å²) in [6.07, 6.45) is -8.87. The highest BCUT2D eigenvalue weighted by molar-refractivity contribution is 5.37. The predicted octanol–water partition coefficient (Wildman–Crippen LogP) is 6.56. The fourth-order valence-corrected chi connectivity index (χ4v) is 6.49. The minimum absolute atomic E-state index is 0.140. The van der Waals surface area contributed by atoms with Gasteiger partial charge in [0.1, 0.15) is 17.8 Å². The Morgan fingerprint density at radius 3 is 2.05 bits per heavy atom. The van der Waals surface area contributed by atoms with E-state index in [4.69, 9.17) is 4.74 Å². The summed E-state index contributed by atoms with van der Waals surface area (Å²) in [6, 6.07) is 17.4. The largest absolute Gasteiger partial charge is 0.496 e. The van der Waals surface area contributed by atoms with Gasteiger partial charge >= 0.3 is 12.4 Å². The van der Waals surface area contributed by atoms with Gasteiger partial charge in [0.25, 0.3) is 0 Å². The van der Waals surface area contributed by atoms with Crippen LogP contribution in [0.3, 0.4) is 0 Å². The molecule has 0 spiro atoms. The number of rotatable bonds is 8. The molecule has 42 heavy (non-hydrogen) atoms. The maximum Gasteiger partial charge on any atom is 0.405 e. The summed E-state index contributed by atoms with van der Waals surface area (Å²) in [7, 11) is 1.45. The molecule has 0 saturated carbocycles. The van der Waals surface area contributed by atoms with Crippen LogP contribution < -0.4 is 10.1 Å². The number of alkyl halides is 6. The first-order valence-electron chi connectivity index (χ1n) is 14.2. The Bertz CT molecular complexity index is 1290. The van der Waals surface area contributed by atoms with Crippen LogP contribution in [0.4, 0.5) is 26.3 Å². The first kappa shape index (κ1) is 30.4. The van der Waals surface area contributed by atoms with Gasteiger partial charge in [-0.05, 0) is 42.0 Å². The number of benzene rings is 3. The third-order valence-electron chi connectivity index (χ3n) is 8.48. The van der Waals surface area contributed by atoms with Crippen molar-refractivity contribution in [1.29, 1.82) is 0 Å². The number of methoxy groups -OCH3 is 1. The monoisotopic (exact) mass is 591 g/mol. The molecule has 1 N–H and O–H groups in total. The van der Waals surface area contributed by atoms with Crippen LogP contribution >= 0.6 is 0 Å². The average Bonchev–Trinajstić information content (AvgIpc) is 2.98. The second-order valence-corrected chi connectivity index (χ2v) is 11.1. The lowest BCUT2D eigenvalue weighted by Gasteiger charge is -2.53. The molecule has 10 heteroatoms. The molecule has 0 aromatic heterocycles. The van der Waals surface area contributed by atoms with E-state index >= 15 is 0 Å². The second-order valence-electron chi connectivity index (χ2n) is 11.1. The highest BCUT2D eigenvalue weighted by Gasteiger charge is 2.59. The lowest BCUT2D eigenvalue weighted by molar-refractivity contribution is -0.265. The zero-order valence-corrected chi connectivity index (χ0v) is 23.3. The van der Waals surface area contributed by atoms with E-state index in [1.807, 2.05) is 42.5 Å². The number of halogens is 6. The number of piperazine rings is 1. The molecule has 1 heterocycles. The van der Waals surface area contributed by atoms with Gasteiger partial charge in [-0.2, -0.15) is 26.3 Å². The third kappa shape index (κ3) is 6.76. The summed E-state index contributed by atoms with van der Waals surface area (Å²) in [6.45, 7) is -0.603. The van der Waals surface area contributed by atoms with Gasteiger partial charge in [0.2, 0.25) is 0 Å². The molecule has 5 rings (SSSR count). The van der Waals surface area contributed by atoms with Gasteiger partial charge in [-0.3, -0.25) is 9.80 Å². The van der Waals surface area contributed by atoms with E-state index in [-0.39, 0.29) is 19.4 Å². The molecule has 2 aliphatic rings. The van der Waals surface area contributed by atoms with Crippen LogP contribution in [0.15, 0.2) is 78.9 Å². The van der Waals surface area contributed by atoms with E-state index < -0.39 is 49.6 Å². The minimum atomic E-state index is -4.86. The van der Waals surface area contributed by atoms with Crippen LogP contribution in [-0.4, -0.2) is 67.0 Å². The van der Waals surface area contributed by atoms with Gasteiger partial charge < -0.3 is 10.1 Å². The first-order chi connectivity index (χ1) is 20.1. The van der Waals surface area contributed by atoms with Crippen molar-refractivity contribution in [1.82, 2.24) is 15.1 Å². The van der Waals surface area contributed by atoms with Crippen LogP contribution in [0.5, 0.6) is 5.75 Å². The minimum Gasteiger partial charge on any atom is -0.496 e. The number of aryl methyl sites for hydroxylation is 1. The van der Waals surface area contributed by atoms with Crippen molar-refractivity contribution in [3.8, 4) is 5.75 Å². The van der Waals surface area contributed by atoms with E-state index in [0.29, 0.717) is 24.3 Å². The van der Waals surface area contributed by atoms with Gasteiger partial charge in [-0.25, -0.2) is 0 Å². The Balaban J connectivity index is 1.49. The highest BCUT2D eigenvalue weighted by atomic mass is 19.4. The molecule has 0 radical (unpaired) electrons.